The van der Waals surface area contributed by atoms with Crippen molar-refractivity contribution in [2.24, 2.45) is 4.40 Å². The number of aromatic nitrogens is 2. The molecule has 0 spiro atoms. The molecule has 2 amide bonds. The number of nitrogens with one attached hydrogen (secondary N) is 2. The zero-order valence-corrected chi connectivity index (χ0v) is 20.0. The standard InChI is InChI=1S/C24H26N6O4S/c1-29-12-4-9-22(29)28-35(33,34)21-8-3-7-20(16-21)27-24(32)18-5-2-6-19(15-18)26-23(31)10-13-30-14-11-25-17-30/h2-3,5-8,11,14-17H,4,9-10,12-13H2,1H3,(H,26,31)(H,27,32)/b28-22+. The topological polar surface area (TPSA) is 126 Å². The van der Waals surface area contributed by atoms with Gasteiger partial charge in [-0.1, -0.05) is 12.1 Å². The molecule has 3 aromatic rings. The van der Waals surface area contributed by atoms with Gasteiger partial charge in [0.25, 0.3) is 15.9 Å². The molecule has 0 unspecified atom stereocenters. The van der Waals surface area contributed by atoms with E-state index in [9.17, 15) is 18.0 Å². The number of aryl methyl sites for hydroxylation is 1. The highest BCUT2D eigenvalue weighted by Gasteiger charge is 2.20. The predicted octanol–water partition coefficient (Wildman–Crippen LogP) is 2.98. The minimum atomic E-state index is -3.90. The Morgan fingerprint density at radius 3 is 2.57 bits per heavy atom. The van der Waals surface area contributed by atoms with E-state index in [2.05, 4.69) is 20.0 Å². The Kier molecular flexibility index (Phi) is 7.25. The summed E-state index contributed by atoms with van der Waals surface area (Å²) in [6.45, 7) is 1.27. The highest BCUT2D eigenvalue weighted by molar-refractivity contribution is 7.90. The number of carbonyl (C=O) groups is 2. The van der Waals surface area contributed by atoms with Gasteiger partial charge in [-0.05, 0) is 42.8 Å². The van der Waals surface area contributed by atoms with Crippen LogP contribution in [0, 0.1) is 0 Å². The van der Waals surface area contributed by atoms with Crippen LogP contribution in [0.4, 0.5) is 11.4 Å². The summed E-state index contributed by atoms with van der Waals surface area (Å²) >= 11 is 0. The Balaban J connectivity index is 1.41. The Morgan fingerprint density at radius 2 is 1.86 bits per heavy atom. The maximum atomic E-state index is 12.8. The number of likely N-dealkylation sites (tertiary alicyclic amines) is 1. The van der Waals surface area contributed by atoms with Gasteiger partial charge in [-0.15, -0.1) is 4.40 Å². The average molecular weight is 495 g/mol. The number of sulfonamides is 1. The third-order valence-corrected chi connectivity index (χ3v) is 6.82. The highest BCUT2D eigenvalue weighted by Crippen LogP contribution is 2.21. The molecule has 2 N–H and O–H groups in total. The fourth-order valence-corrected chi connectivity index (χ4v) is 4.79. The Labute approximate surface area is 203 Å². The van der Waals surface area contributed by atoms with Crippen LogP contribution >= 0.6 is 0 Å². The van der Waals surface area contributed by atoms with Gasteiger partial charge in [-0.2, -0.15) is 8.42 Å². The van der Waals surface area contributed by atoms with Crippen molar-refractivity contribution in [2.45, 2.75) is 30.7 Å². The normalized spacial score (nSPS) is 14.8. The second-order valence-corrected chi connectivity index (χ2v) is 9.77. The number of hydrogen-bond acceptors (Lipinski definition) is 5. The van der Waals surface area contributed by atoms with Gasteiger partial charge in [0.15, 0.2) is 0 Å². The van der Waals surface area contributed by atoms with Gasteiger partial charge in [0.05, 0.1) is 11.2 Å². The zero-order valence-electron chi connectivity index (χ0n) is 19.2. The van der Waals surface area contributed by atoms with Gasteiger partial charge >= 0.3 is 0 Å². The molecule has 0 saturated carbocycles. The number of hydrogen-bond donors (Lipinski definition) is 2. The number of anilines is 2. The third-order valence-electron chi connectivity index (χ3n) is 5.51. The lowest BCUT2D eigenvalue weighted by molar-refractivity contribution is -0.116. The molecule has 1 aliphatic rings. The van der Waals surface area contributed by atoms with E-state index in [0.717, 1.165) is 13.0 Å². The Hall–Kier alpha value is -3.99. The molecule has 11 heteroatoms. The summed E-state index contributed by atoms with van der Waals surface area (Å²) in [5, 5.41) is 5.49. The summed E-state index contributed by atoms with van der Waals surface area (Å²) in [5.41, 5.74) is 1.13. The molecule has 0 bridgehead atoms. The van der Waals surface area contributed by atoms with Crippen LogP contribution in [-0.2, 0) is 21.4 Å². The molecule has 1 aliphatic heterocycles. The third kappa shape index (κ3) is 6.33. The summed E-state index contributed by atoms with van der Waals surface area (Å²) in [7, 11) is -2.09. The number of amidine groups is 1. The molecule has 4 rings (SSSR count). The lowest BCUT2D eigenvalue weighted by Gasteiger charge is -2.11. The first-order chi connectivity index (χ1) is 16.8. The minimum absolute atomic E-state index is 0.00186. The van der Waals surface area contributed by atoms with E-state index in [1.807, 2.05) is 11.9 Å². The molecular weight excluding hydrogens is 468 g/mol. The van der Waals surface area contributed by atoms with Crippen LogP contribution in [0.25, 0.3) is 0 Å². The van der Waals surface area contributed by atoms with Gasteiger partial charge in [0.1, 0.15) is 5.84 Å². The molecule has 10 nitrogen and oxygen atoms in total. The second kappa shape index (κ2) is 10.5. The quantitative estimate of drug-likeness (QED) is 0.496. The van der Waals surface area contributed by atoms with E-state index < -0.39 is 15.9 Å². The van der Waals surface area contributed by atoms with Crippen molar-refractivity contribution in [1.29, 1.82) is 0 Å². The van der Waals surface area contributed by atoms with Crippen LogP contribution in [0.15, 0.2) is 76.5 Å². The Bertz CT molecular complexity index is 1350. The summed E-state index contributed by atoms with van der Waals surface area (Å²) in [6, 6.07) is 12.5. The van der Waals surface area contributed by atoms with Gasteiger partial charge < -0.3 is 20.1 Å². The fraction of sp³-hybridized carbons (Fsp3) is 0.250. The number of amides is 2. The van der Waals surface area contributed by atoms with E-state index in [1.54, 1.807) is 59.7 Å². The largest absolute Gasteiger partial charge is 0.362 e. The van der Waals surface area contributed by atoms with E-state index >= 15 is 0 Å². The van der Waals surface area contributed by atoms with E-state index in [1.165, 1.54) is 12.1 Å². The molecule has 0 aliphatic carbocycles. The molecule has 0 atom stereocenters. The van der Waals surface area contributed by atoms with Gasteiger partial charge in [-0.3, -0.25) is 9.59 Å². The SMILES string of the molecule is CN1CCC/C1=N\S(=O)(=O)c1cccc(NC(=O)c2cccc(NC(=O)CCn3ccnc3)c2)c1. The van der Waals surface area contributed by atoms with Crippen LogP contribution < -0.4 is 10.6 Å². The van der Waals surface area contributed by atoms with Crippen LogP contribution in [-0.4, -0.2) is 54.1 Å². The molecule has 0 radical (unpaired) electrons. The summed E-state index contributed by atoms with van der Waals surface area (Å²) < 4.78 is 31.3. The van der Waals surface area contributed by atoms with E-state index in [0.29, 0.717) is 35.7 Å². The predicted molar refractivity (Wildman–Crippen MR) is 133 cm³/mol. The van der Waals surface area contributed by atoms with E-state index in [4.69, 9.17) is 0 Å². The fourth-order valence-electron chi connectivity index (χ4n) is 3.65. The molecule has 2 aromatic carbocycles. The number of nitrogens with zero attached hydrogens (tertiary/aromatic N) is 4. The van der Waals surface area contributed by atoms with Crippen molar-refractivity contribution < 1.29 is 18.0 Å². The van der Waals surface area contributed by atoms with Crippen molar-refractivity contribution in [2.75, 3.05) is 24.2 Å². The highest BCUT2D eigenvalue weighted by atomic mass is 32.2. The molecule has 35 heavy (non-hydrogen) atoms. The smallest absolute Gasteiger partial charge is 0.284 e. The van der Waals surface area contributed by atoms with Crippen molar-refractivity contribution >= 4 is 39.0 Å². The lowest BCUT2D eigenvalue weighted by atomic mass is 10.1. The monoisotopic (exact) mass is 494 g/mol. The molecule has 2 heterocycles. The van der Waals surface area contributed by atoms with Crippen LogP contribution in [0.5, 0.6) is 0 Å². The number of rotatable bonds is 8. The van der Waals surface area contributed by atoms with E-state index in [-0.39, 0.29) is 17.2 Å². The number of carbonyl (C=O) groups excluding carboxylic acids is 2. The molecule has 1 aromatic heterocycles. The number of imidazole rings is 1. The van der Waals surface area contributed by atoms with Crippen molar-refractivity contribution in [1.82, 2.24) is 14.5 Å². The van der Waals surface area contributed by atoms with Gasteiger partial charge in [0, 0.05) is 62.3 Å². The molecule has 1 saturated heterocycles. The maximum Gasteiger partial charge on any atom is 0.284 e. The molecular formula is C24H26N6O4S. The van der Waals surface area contributed by atoms with Crippen molar-refractivity contribution in [3.8, 4) is 0 Å². The average Bonchev–Trinajstić information content (AvgIpc) is 3.50. The van der Waals surface area contributed by atoms with Crippen LogP contribution in [0.2, 0.25) is 0 Å². The van der Waals surface area contributed by atoms with Crippen LogP contribution in [0.1, 0.15) is 29.6 Å². The maximum absolute atomic E-state index is 12.8. The molecule has 182 valence electrons. The zero-order chi connectivity index (χ0) is 24.8. The first-order valence-corrected chi connectivity index (χ1v) is 12.6. The number of benzene rings is 2. The van der Waals surface area contributed by atoms with Gasteiger partial charge in [0.2, 0.25) is 5.91 Å². The first kappa shape index (κ1) is 24.1. The summed E-state index contributed by atoms with van der Waals surface area (Å²) in [5.74, 6) is -0.0945. The van der Waals surface area contributed by atoms with Gasteiger partial charge in [-0.25, -0.2) is 4.98 Å². The van der Waals surface area contributed by atoms with Crippen LogP contribution in [0.3, 0.4) is 0 Å². The first-order valence-electron chi connectivity index (χ1n) is 11.1. The second-order valence-electron chi connectivity index (χ2n) is 8.17. The van der Waals surface area contributed by atoms with Crippen molar-refractivity contribution in [3.63, 3.8) is 0 Å². The minimum Gasteiger partial charge on any atom is -0.362 e. The van der Waals surface area contributed by atoms with Crippen molar-refractivity contribution in [3.05, 3.63) is 72.8 Å². The summed E-state index contributed by atoms with van der Waals surface area (Å²) in [4.78, 5) is 30.8. The Morgan fingerprint density at radius 1 is 1.09 bits per heavy atom. The summed E-state index contributed by atoms with van der Waals surface area (Å²) in [6.07, 6.45) is 6.80. The lowest BCUT2D eigenvalue weighted by Crippen LogP contribution is -2.20. The molecule has 1 fully saturated rings.